The molecule has 4 aromatic rings. The molecule has 0 aliphatic rings. The maximum atomic E-state index is 13.3. The molecule has 0 aliphatic carbocycles. The van der Waals surface area contributed by atoms with Crippen LogP contribution in [0.3, 0.4) is 0 Å². The number of anilines is 1. The van der Waals surface area contributed by atoms with Crippen molar-refractivity contribution in [2.75, 3.05) is 5.32 Å². The average Bonchev–Trinajstić information content (AvgIpc) is 2.78. The average molecular weight is 448 g/mol. The van der Waals surface area contributed by atoms with E-state index in [2.05, 4.69) is 10.4 Å². The second-order valence-electron chi connectivity index (χ2n) is 7.35. The van der Waals surface area contributed by atoms with Crippen LogP contribution < -0.4 is 10.7 Å². The highest BCUT2D eigenvalue weighted by Gasteiger charge is 2.21. The van der Waals surface area contributed by atoms with Crippen molar-refractivity contribution >= 4 is 23.3 Å². The number of aromatic nitrogens is 2. The molecule has 0 unspecified atom stereocenters. The topological polar surface area (TPSA) is 64.0 Å². The second-order valence-corrected chi connectivity index (χ2v) is 7.79. The number of rotatable bonds is 4. The molecule has 1 N–H and O–H groups in total. The minimum Gasteiger partial charge on any atom is -0.306 e. The number of amides is 1. The van der Waals surface area contributed by atoms with E-state index in [9.17, 15) is 14.0 Å². The summed E-state index contributed by atoms with van der Waals surface area (Å²) in [4.78, 5) is 26.2. The Morgan fingerprint density at radius 2 is 1.56 bits per heavy atom. The van der Waals surface area contributed by atoms with Crippen LogP contribution >= 0.6 is 11.6 Å². The van der Waals surface area contributed by atoms with Gasteiger partial charge in [-0.3, -0.25) is 9.59 Å². The zero-order valence-electron chi connectivity index (χ0n) is 17.4. The molecule has 0 bridgehead atoms. The van der Waals surface area contributed by atoms with Gasteiger partial charge in [0.2, 0.25) is 5.43 Å². The molecule has 5 nitrogen and oxygen atoms in total. The third-order valence-corrected chi connectivity index (χ3v) is 5.26. The lowest BCUT2D eigenvalue weighted by Crippen LogP contribution is -2.25. The summed E-state index contributed by atoms with van der Waals surface area (Å²) in [6.45, 7) is 3.59. The Balaban J connectivity index is 1.94. The maximum absolute atomic E-state index is 13.3. The van der Waals surface area contributed by atoms with E-state index in [-0.39, 0.29) is 28.1 Å². The van der Waals surface area contributed by atoms with Gasteiger partial charge in [-0.15, -0.1) is 0 Å². The summed E-state index contributed by atoms with van der Waals surface area (Å²) in [5.74, 6) is -0.732. The zero-order chi connectivity index (χ0) is 22.8. The number of carbonyl (C=O) groups is 1. The Kier molecular flexibility index (Phi) is 5.88. The number of hydrogen-bond acceptors (Lipinski definition) is 3. The minimum atomic E-state index is -0.494. The molecule has 0 radical (unpaired) electrons. The van der Waals surface area contributed by atoms with Crippen molar-refractivity contribution in [3.63, 3.8) is 0 Å². The van der Waals surface area contributed by atoms with E-state index in [4.69, 9.17) is 11.6 Å². The highest BCUT2D eigenvalue weighted by molar-refractivity contribution is 6.30. The van der Waals surface area contributed by atoms with Gasteiger partial charge in [-0.25, -0.2) is 9.07 Å². The number of carbonyl (C=O) groups excluding carboxylic acids is 1. The predicted molar refractivity (Wildman–Crippen MR) is 124 cm³/mol. The summed E-state index contributed by atoms with van der Waals surface area (Å²) < 4.78 is 14.8. The van der Waals surface area contributed by atoms with E-state index in [1.807, 2.05) is 31.2 Å². The van der Waals surface area contributed by atoms with Gasteiger partial charge in [0.15, 0.2) is 0 Å². The standard InChI is InChI=1S/C25H19ClFN3O2/c1-15-3-13-21(14-4-15)30-24(28-25(32)18-7-11-20(27)12-8-18)22(23(31)16(2)29-30)17-5-9-19(26)10-6-17/h3-14H,1-2H3,(H,28,32). The molecule has 7 heteroatoms. The van der Waals surface area contributed by atoms with Gasteiger partial charge in [-0.1, -0.05) is 41.4 Å². The Morgan fingerprint density at radius 1 is 0.938 bits per heavy atom. The van der Waals surface area contributed by atoms with Crippen molar-refractivity contribution in [3.8, 4) is 16.8 Å². The first kappa shape index (κ1) is 21.5. The molecule has 3 aromatic carbocycles. The van der Waals surface area contributed by atoms with E-state index in [1.165, 1.54) is 28.9 Å². The van der Waals surface area contributed by atoms with Crippen molar-refractivity contribution < 1.29 is 9.18 Å². The Bertz CT molecular complexity index is 1350. The van der Waals surface area contributed by atoms with Crippen molar-refractivity contribution in [2.45, 2.75) is 13.8 Å². The molecule has 0 spiro atoms. The van der Waals surface area contributed by atoms with Crippen LogP contribution in [0.4, 0.5) is 10.2 Å². The number of halogens is 2. The first-order valence-electron chi connectivity index (χ1n) is 9.87. The zero-order valence-corrected chi connectivity index (χ0v) is 18.2. The SMILES string of the molecule is Cc1ccc(-n2nc(C)c(=O)c(-c3ccc(Cl)cc3)c2NC(=O)c2ccc(F)cc2)cc1. The molecule has 32 heavy (non-hydrogen) atoms. The van der Waals surface area contributed by atoms with Crippen molar-refractivity contribution in [1.29, 1.82) is 0 Å². The van der Waals surface area contributed by atoms with Crippen molar-refractivity contribution in [3.05, 3.63) is 111 Å². The quantitative estimate of drug-likeness (QED) is 0.445. The number of nitrogens with zero attached hydrogens (tertiary/aromatic N) is 2. The van der Waals surface area contributed by atoms with Gasteiger partial charge in [0.1, 0.15) is 17.3 Å². The summed E-state index contributed by atoms with van der Waals surface area (Å²) in [7, 11) is 0. The van der Waals surface area contributed by atoms with Crippen LogP contribution in [0.25, 0.3) is 16.8 Å². The normalized spacial score (nSPS) is 10.8. The summed E-state index contributed by atoms with van der Waals surface area (Å²) in [5, 5.41) is 7.78. The molecule has 0 saturated carbocycles. The second kappa shape index (κ2) is 8.77. The van der Waals surface area contributed by atoms with Gasteiger partial charge in [-0.05, 0) is 67.9 Å². The highest BCUT2D eigenvalue weighted by atomic mass is 35.5. The van der Waals surface area contributed by atoms with E-state index in [0.717, 1.165) is 5.56 Å². The summed E-state index contributed by atoms with van der Waals surface area (Å²) in [6, 6.07) is 19.5. The van der Waals surface area contributed by atoms with Gasteiger partial charge < -0.3 is 5.32 Å². The lowest BCUT2D eigenvalue weighted by Gasteiger charge is -2.18. The third-order valence-electron chi connectivity index (χ3n) is 5.00. The molecule has 1 heterocycles. The Morgan fingerprint density at radius 3 is 2.19 bits per heavy atom. The highest BCUT2D eigenvalue weighted by Crippen LogP contribution is 2.28. The lowest BCUT2D eigenvalue weighted by molar-refractivity contribution is 0.102. The minimum absolute atomic E-state index is 0.209. The fourth-order valence-electron chi connectivity index (χ4n) is 3.29. The van der Waals surface area contributed by atoms with E-state index in [0.29, 0.717) is 16.3 Å². The van der Waals surface area contributed by atoms with Crippen LogP contribution in [-0.2, 0) is 0 Å². The predicted octanol–water partition coefficient (Wildman–Crippen LogP) is 5.56. The lowest BCUT2D eigenvalue weighted by atomic mass is 10.0. The van der Waals surface area contributed by atoms with Gasteiger partial charge in [0.05, 0.1) is 11.3 Å². The number of hydrogen-bond donors (Lipinski definition) is 1. The number of benzene rings is 3. The van der Waals surface area contributed by atoms with E-state index >= 15 is 0 Å². The Labute approximate surface area is 189 Å². The van der Waals surface area contributed by atoms with Gasteiger partial charge in [-0.2, -0.15) is 5.10 Å². The maximum Gasteiger partial charge on any atom is 0.256 e. The van der Waals surface area contributed by atoms with Crippen LogP contribution in [-0.4, -0.2) is 15.7 Å². The van der Waals surface area contributed by atoms with Gasteiger partial charge >= 0.3 is 0 Å². The molecule has 4 rings (SSSR count). The molecule has 0 atom stereocenters. The monoisotopic (exact) mass is 447 g/mol. The fraction of sp³-hybridized carbons (Fsp3) is 0.0800. The molecular weight excluding hydrogens is 429 g/mol. The first-order valence-corrected chi connectivity index (χ1v) is 10.2. The van der Waals surface area contributed by atoms with Gasteiger partial charge in [0, 0.05) is 10.6 Å². The summed E-state index contributed by atoms with van der Waals surface area (Å²) in [6.07, 6.45) is 0. The summed E-state index contributed by atoms with van der Waals surface area (Å²) in [5.41, 5.74) is 2.80. The summed E-state index contributed by atoms with van der Waals surface area (Å²) >= 11 is 6.03. The molecule has 0 saturated heterocycles. The molecular formula is C25H19ClFN3O2. The number of nitrogens with one attached hydrogen (secondary N) is 1. The Hall–Kier alpha value is -3.77. The van der Waals surface area contributed by atoms with Crippen molar-refractivity contribution in [2.24, 2.45) is 0 Å². The van der Waals surface area contributed by atoms with Crippen LogP contribution in [0.2, 0.25) is 5.02 Å². The third kappa shape index (κ3) is 4.31. The molecule has 1 amide bonds. The molecule has 1 aromatic heterocycles. The fourth-order valence-corrected chi connectivity index (χ4v) is 3.42. The van der Waals surface area contributed by atoms with Crippen LogP contribution in [0, 0.1) is 19.7 Å². The van der Waals surface area contributed by atoms with Crippen LogP contribution in [0.5, 0.6) is 0 Å². The number of aryl methyl sites for hydroxylation is 2. The van der Waals surface area contributed by atoms with Crippen molar-refractivity contribution in [1.82, 2.24) is 9.78 Å². The smallest absolute Gasteiger partial charge is 0.256 e. The molecule has 160 valence electrons. The largest absolute Gasteiger partial charge is 0.306 e. The molecule has 0 fully saturated rings. The molecule has 0 aliphatic heterocycles. The van der Waals surface area contributed by atoms with Crippen LogP contribution in [0.1, 0.15) is 21.6 Å². The van der Waals surface area contributed by atoms with Gasteiger partial charge in [0.25, 0.3) is 5.91 Å². The van der Waals surface area contributed by atoms with E-state index in [1.54, 1.807) is 31.2 Å². The first-order chi connectivity index (χ1) is 15.3. The van der Waals surface area contributed by atoms with E-state index < -0.39 is 11.7 Å². The van der Waals surface area contributed by atoms with Crippen LogP contribution in [0.15, 0.2) is 77.6 Å².